The highest BCUT2D eigenvalue weighted by Crippen LogP contribution is 2.24. The summed E-state index contributed by atoms with van der Waals surface area (Å²) < 4.78 is 15.7. The van der Waals surface area contributed by atoms with Crippen molar-refractivity contribution in [1.29, 1.82) is 0 Å². The molecule has 0 aliphatic rings. The number of fused-ring (bicyclic) bond motifs is 1. The van der Waals surface area contributed by atoms with Crippen LogP contribution in [0.5, 0.6) is 5.75 Å². The van der Waals surface area contributed by atoms with Crippen molar-refractivity contribution in [3.05, 3.63) is 59.3 Å². The van der Waals surface area contributed by atoms with Crippen LogP contribution in [0.15, 0.2) is 52.9 Å². The summed E-state index contributed by atoms with van der Waals surface area (Å²) in [6, 6.07) is 13.3. The van der Waals surface area contributed by atoms with Crippen molar-refractivity contribution in [3.8, 4) is 5.75 Å². The van der Waals surface area contributed by atoms with Crippen LogP contribution in [-0.2, 0) is 9.53 Å². The molecule has 1 heterocycles. The van der Waals surface area contributed by atoms with Gasteiger partial charge in [0.2, 0.25) is 5.76 Å². The summed E-state index contributed by atoms with van der Waals surface area (Å²) in [5, 5.41) is 3.88. The van der Waals surface area contributed by atoms with E-state index in [9.17, 15) is 9.59 Å². The third kappa shape index (κ3) is 3.97. The van der Waals surface area contributed by atoms with Crippen LogP contribution in [0.4, 0.5) is 5.69 Å². The number of anilines is 1. The topological polar surface area (TPSA) is 77.8 Å². The zero-order valence-electron chi connectivity index (χ0n) is 14.1. The molecule has 0 bridgehead atoms. The van der Waals surface area contributed by atoms with E-state index in [1.54, 1.807) is 49.6 Å². The largest absolute Gasteiger partial charge is 0.497 e. The van der Waals surface area contributed by atoms with Gasteiger partial charge in [0, 0.05) is 16.1 Å². The van der Waals surface area contributed by atoms with Gasteiger partial charge in [-0.3, -0.25) is 4.79 Å². The van der Waals surface area contributed by atoms with Gasteiger partial charge in [-0.25, -0.2) is 4.79 Å². The number of hydrogen-bond acceptors (Lipinski definition) is 5. The standard InChI is InChI=1S/C19H16ClNO5/c1-11(18(22)21-14-4-6-15(24-2)7-5-14)25-19(23)17-10-12-9-13(20)3-8-16(12)26-17/h3-11H,1-2H3,(H,21,22)/t11-/m0/s1. The van der Waals surface area contributed by atoms with Gasteiger partial charge in [-0.1, -0.05) is 11.6 Å². The number of esters is 1. The van der Waals surface area contributed by atoms with E-state index in [0.29, 0.717) is 27.4 Å². The fourth-order valence-electron chi connectivity index (χ4n) is 2.31. The predicted molar refractivity (Wildman–Crippen MR) is 97.7 cm³/mol. The van der Waals surface area contributed by atoms with E-state index in [1.165, 1.54) is 13.0 Å². The maximum Gasteiger partial charge on any atom is 0.375 e. The number of methoxy groups -OCH3 is 1. The molecule has 1 N–H and O–H groups in total. The van der Waals surface area contributed by atoms with E-state index in [1.807, 2.05) is 0 Å². The van der Waals surface area contributed by atoms with Crippen LogP contribution < -0.4 is 10.1 Å². The molecule has 0 radical (unpaired) electrons. The quantitative estimate of drug-likeness (QED) is 0.675. The second-order valence-corrected chi connectivity index (χ2v) is 5.99. The molecular formula is C19H16ClNO5. The summed E-state index contributed by atoms with van der Waals surface area (Å²) in [6.45, 7) is 1.48. The van der Waals surface area contributed by atoms with Gasteiger partial charge in [-0.15, -0.1) is 0 Å². The lowest BCUT2D eigenvalue weighted by molar-refractivity contribution is -0.123. The van der Waals surface area contributed by atoms with Crippen LogP contribution in [0.25, 0.3) is 11.0 Å². The number of rotatable bonds is 5. The van der Waals surface area contributed by atoms with Crippen LogP contribution in [-0.4, -0.2) is 25.1 Å². The number of hydrogen-bond donors (Lipinski definition) is 1. The van der Waals surface area contributed by atoms with Gasteiger partial charge in [0.25, 0.3) is 5.91 Å². The Balaban J connectivity index is 1.64. The third-order valence-corrected chi connectivity index (χ3v) is 3.93. The Morgan fingerprint density at radius 1 is 1.12 bits per heavy atom. The van der Waals surface area contributed by atoms with Crippen LogP contribution in [0, 0.1) is 0 Å². The van der Waals surface area contributed by atoms with Gasteiger partial charge in [0.15, 0.2) is 6.10 Å². The Morgan fingerprint density at radius 2 is 1.85 bits per heavy atom. The second kappa shape index (κ2) is 7.49. The molecule has 0 saturated heterocycles. The number of carbonyl (C=O) groups is 2. The van der Waals surface area contributed by atoms with E-state index in [-0.39, 0.29) is 5.76 Å². The smallest absolute Gasteiger partial charge is 0.375 e. The van der Waals surface area contributed by atoms with Gasteiger partial charge in [-0.05, 0) is 55.5 Å². The summed E-state index contributed by atoms with van der Waals surface area (Å²) in [7, 11) is 1.56. The molecule has 134 valence electrons. The number of amides is 1. The van der Waals surface area contributed by atoms with Gasteiger partial charge in [-0.2, -0.15) is 0 Å². The predicted octanol–water partition coefficient (Wildman–Crippen LogP) is 4.28. The van der Waals surface area contributed by atoms with E-state index < -0.39 is 18.0 Å². The minimum atomic E-state index is -0.999. The van der Waals surface area contributed by atoms with Gasteiger partial charge < -0.3 is 19.2 Å². The molecule has 0 unspecified atom stereocenters. The molecule has 1 aromatic heterocycles. The Bertz CT molecular complexity index is 948. The van der Waals surface area contributed by atoms with Crippen LogP contribution in [0.1, 0.15) is 17.5 Å². The number of carbonyl (C=O) groups excluding carboxylic acids is 2. The molecular weight excluding hydrogens is 358 g/mol. The molecule has 0 saturated carbocycles. The highest BCUT2D eigenvalue weighted by molar-refractivity contribution is 6.31. The van der Waals surface area contributed by atoms with E-state index in [4.69, 9.17) is 25.5 Å². The SMILES string of the molecule is COc1ccc(NC(=O)[C@H](C)OC(=O)c2cc3cc(Cl)ccc3o2)cc1. The fraction of sp³-hybridized carbons (Fsp3) is 0.158. The van der Waals surface area contributed by atoms with E-state index >= 15 is 0 Å². The molecule has 6 nitrogen and oxygen atoms in total. The lowest BCUT2D eigenvalue weighted by Crippen LogP contribution is -2.29. The molecule has 7 heteroatoms. The molecule has 3 aromatic rings. The molecule has 0 spiro atoms. The van der Waals surface area contributed by atoms with Crippen molar-refractivity contribution in [1.82, 2.24) is 0 Å². The first kappa shape index (κ1) is 17.8. The highest BCUT2D eigenvalue weighted by atomic mass is 35.5. The van der Waals surface area contributed by atoms with E-state index in [2.05, 4.69) is 5.32 Å². The van der Waals surface area contributed by atoms with Gasteiger partial charge >= 0.3 is 5.97 Å². The molecule has 0 fully saturated rings. The number of furan rings is 1. The Morgan fingerprint density at radius 3 is 2.54 bits per heavy atom. The van der Waals surface area contributed by atoms with E-state index in [0.717, 1.165) is 0 Å². The summed E-state index contributed by atoms with van der Waals surface area (Å²) >= 11 is 5.91. The van der Waals surface area contributed by atoms with Crippen molar-refractivity contribution in [3.63, 3.8) is 0 Å². The van der Waals surface area contributed by atoms with Crippen molar-refractivity contribution < 1.29 is 23.5 Å². The average molecular weight is 374 g/mol. The second-order valence-electron chi connectivity index (χ2n) is 5.56. The minimum Gasteiger partial charge on any atom is -0.497 e. The summed E-state index contributed by atoms with van der Waals surface area (Å²) in [5.41, 5.74) is 1.08. The van der Waals surface area contributed by atoms with Crippen LogP contribution in [0.2, 0.25) is 5.02 Å². The van der Waals surface area contributed by atoms with Crippen molar-refractivity contribution in [2.24, 2.45) is 0 Å². The van der Waals surface area contributed by atoms with Crippen molar-refractivity contribution in [2.75, 3.05) is 12.4 Å². The van der Waals surface area contributed by atoms with Crippen molar-refractivity contribution >= 4 is 40.1 Å². The van der Waals surface area contributed by atoms with Gasteiger partial charge in [0.1, 0.15) is 11.3 Å². The lowest BCUT2D eigenvalue weighted by atomic mass is 10.2. The lowest BCUT2D eigenvalue weighted by Gasteiger charge is -2.13. The monoisotopic (exact) mass is 373 g/mol. The third-order valence-electron chi connectivity index (χ3n) is 3.69. The molecule has 2 aromatic carbocycles. The maximum atomic E-state index is 12.2. The number of ether oxygens (including phenoxy) is 2. The zero-order valence-corrected chi connectivity index (χ0v) is 14.9. The molecule has 3 rings (SSSR count). The number of benzene rings is 2. The first-order valence-electron chi connectivity index (χ1n) is 7.81. The highest BCUT2D eigenvalue weighted by Gasteiger charge is 2.21. The molecule has 1 atom stereocenters. The fourth-order valence-corrected chi connectivity index (χ4v) is 2.49. The van der Waals surface area contributed by atoms with Gasteiger partial charge in [0.05, 0.1) is 7.11 Å². The Labute approximate surface area is 154 Å². The number of nitrogens with one attached hydrogen (secondary N) is 1. The molecule has 26 heavy (non-hydrogen) atoms. The molecule has 0 aliphatic heterocycles. The minimum absolute atomic E-state index is 0.00589. The Kier molecular flexibility index (Phi) is 5.14. The zero-order chi connectivity index (χ0) is 18.7. The first-order valence-corrected chi connectivity index (χ1v) is 8.19. The molecule has 0 aliphatic carbocycles. The van der Waals surface area contributed by atoms with Crippen LogP contribution >= 0.6 is 11.6 Å². The number of halogens is 1. The first-order chi connectivity index (χ1) is 12.5. The summed E-state index contributed by atoms with van der Waals surface area (Å²) in [6.07, 6.45) is -0.999. The normalized spacial score (nSPS) is 11.8. The Hall–Kier alpha value is -2.99. The average Bonchev–Trinajstić information content (AvgIpc) is 3.05. The van der Waals surface area contributed by atoms with Crippen LogP contribution in [0.3, 0.4) is 0 Å². The molecule has 1 amide bonds. The summed E-state index contributed by atoms with van der Waals surface area (Å²) in [4.78, 5) is 24.4. The van der Waals surface area contributed by atoms with Crippen molar-refractivity contribution in [2.45, 2.75) is 13.0 Å². The summed E-state index contributed by atoms with van der Waals surface area (Å²) in [5.74, 6) is -0.504. The maximum absolute atomic E-state index is 12.2.